The molecule has 0 saturated carbocycles. The van der Waals surface area contributed by atoms with Crippen molar-refractivity contribution >= 4 is 10.2 Å². The van der Waals surface area contributed by atoms with Crippen molar-refractivity contribution in [2.24, 2.45) is 5.92 Å². The van der Waals surface area contributed by atoms with Crippen LogP contribution in [0.3, 0.4) is 0 Å². The predicted molar refractivity (Wildman–Crippen MR) is 76.5 cm³/mol. The monoisotopic (exact) mass is 306 g/mol. The summed E-state index contributed by atoms with van der Waals surface area (Å²) in [6.07, 6.45) is 2.41. The molecule has 0 aliphatic carbocycles. The second-order valence-corrected chi connectivity index (χ2v) is 7.71. The minimum Gasteiger partial charge on any atom is -0.396 e. The van der Waals surface area contributed by atoms with Crippen LogP contribution in [0.1, 0.15) is 33.1 Å². The molecule has 2 saturated heterocycles. The van der Waals surface area contributed by atoms with Gasteiger partial charge in [0.25, 0.3) is 10.2 Å². The second-order valence-electron chi connectivity index (χ2n) is 5.83. The van der Waals surface area contributed by atoms with Crippen LogP contribution in [0.2, 0.25) is 0 Å². The topological polar surface area (TPSA) is 70.1 Å². The lowest BCUT2D eigenvalue weighted by molar-refractivity contribution is -0.0256. The molecule has 0 aromatic carbocycles. The standard InChI is InChI=1S/C13H26N2O4S/c1-3-13-10-19-11(2)7-15(13)20(17,18)14-6-4-5-12(8-14)9-16/h11-13,16H,3-10H2,1-2H3. The number of nitrogens with zero attached hydrogens (tertiary/aromatic N) is 2. The van der Waals surface area contributed by atoms with E-state index in [0.717, 1.165) is 19.3 Å². The molecule has 0 spiro atoms. The van der Waals surface area contributed by atoms with Gasteiger partial charge in [0.1, 0.15) is 0 Å². The second kappa shape index (κ2) is 6.70. The van der Waals surface area contributed by atoms with Gasteiger partial charge in [0.2, 0.25) is 0 Å². The Balaban J connectivity index is 2.14. The highest BCUT2D eigenvalue weighted by Crippen LogP contribution is 2.25. The molecule has 2 rings (SSSR count). The summed E-state index contributed by atoms with van der Waals surface area (Å²) in [4.78, 5) is 0. The maximum Gasteiger partial charge on any atom is 0.282 e. The zero-order valence-electron chi connectivity index (χ0n) is 12.4. The molecule has 6 nitrogen and oxygen atoms in total. The minimum atomic E-state index is -3.45. The molecule has 2 heterocycles. The predicted octanol–water partition coefficient (Wildman–Crippen LogP) is 0.435. The number of hydrogen-bond acceptors (Lipinski definition) is 4. The fourth-order valence-electron chi connectivity index (χ4n) is 2.95. The molecular weight excluding hydrogens is 280 g/mol. The van der Waals surface area contributed by atoms with E-state index in [2.05, 4.69) is 0 Å². The summed E-state index contributed by atoms with van der Waals surface area (Å²) < 4.78 is 34.4. The largest absolute Gasteiger partial charge is 0.396 e. The van der Waals surface area contributed by atoms with E-state index in [1.165, 1.54) is 4.31 Å². The van der Waals surface area contributed by atoms with Gasteiger partial charge < -0.3 is 9.84 Å². The summed E-state index contributed by atoms with van der Waals surface area (Å²) in [5.41, 5.74) is 0. The van der Waals surface area contributed by atoms with Crippen molar-refractivity contribution in [3.8, 4) is 0 Å². The molecule has 2 aliphatic heterocycles. The number of aliphatic hydroxyl groups excluding tert-OH is 1. The maximum absolute atomic E-state index is 12.8. The van der Waals surface area contributed by atoms with Crippen molar-refractivity contribution in [3.05, 3.63) is 0 Å². The van der Waals surface area contributed by atoms with Gasteiger partial charge in [-0.25, -0.2) is 0 Å². The van der Waals surface area contributed by atoms with Gasteiger partial charge >= 0.3 is 0 Å². The molecule has 0 aromatic rings. The smallest absolute Gasteiger partial charge is 0.282 e. The maximum atomic E-state index is 12.8. The Labute approximate surface area is 121 Å². The van der Waals surface area contributed by atoms with E-state index < -0.39 is 10.2 Å². The van der Waals surface area contributed by atoms with Crippen LogP contribution in [0.5, 0.6) is 0 Å². The normalized spacial score (nSPS) is 34.2. The van der Waals surface area contributed by atoms with Crippen LogP contribution in [0.4, 0.5) is 0 Å². The molecule has 3 unspecified atom stereocenters. The molecule has 1 N–H and O–H groups in total. The number of hydrogen-bond donors (Lipinski definition) is 1. The van der Waals surface area contributed by atoms with Crippen LogP contribution >= 0.6 is 0 Å². The van der Waals surface area contributed by atoms with E-state index >= 15 is 0 Å². The number of aliphatic hydroxyl groups is 1. The van der Waals surface area contributed by atoms with Gasteiger partial charge in [0, 0.05) is 32.3 Å². The first-order chi connectivity index (χ1) is 9.48. The van der Waals surface area contributed by atoms with E-state index in [9.17, 15) is 13.5 Å². The van der Waals surface area contributed by atoms with E-state index in [0.29, 0.717) is 26.2 Å². The van der Waals surface area contributed by atoms with Crippen LogP contribution in [0, 0.1) is 5.92 Å². The number of rotatable bonds is 4. The third-order valence-corrected chi connectivity index (χ3v) is 6.28. The van der Waals surface area contributed by atoms with Crippen molar-refractivity contribution in [1.29, 1.82) is 0 Å². The first kappa shape index (κ1) is 16.2. The van der Waals surface area contributed by atoms with Gasteiger partial charge in [0.15, 0.2) is 0 Å². The number of piperidine rings is 1. The van der Waals surface area contributed by atoms with E-state index in [1.807, 2.05) is 13.8 Å². The SMILES string of the molecule is CCC1COC(C)CN1S(=O)(=O)N1CCCC(CO)C1. The highest BCUT2D eigenvalue weighted by Gasteiger charge is 2.39. The molecule has 2 fully saturated rings. The Morgan fingerprint density at radius 3 is 2.75 bits per heavy atom. The third-order valence-electron chi connectivity index (χ3n) is 4.25. The number of morpholine rings is 1. The molecule has 20 heavy (non-hydrogen) atoms. The molecule has 2 aliphatic rings. The molecule has 7 heteroatoms. The average Bonchev–Trinajstić information content (AvgIpc) is 2.47. The lowest BCUT2D eigenvalue weighted by Crippen LogP contribution is -2.57. The van der Waals surface area contributed by atoms with Gasteiger partial charge in [-0.3, -0.25) is 0 Å². The van der Waals surface area contributed by atoms with Crippen molar-refractivity contribution in [2.75, 3.05) is 32.8 Å². The summed E-state index contributed by atoms with van der Waals surface area (Å²) in [6.45, 7) is 5.82. The molecule has 118 valence electrons. The van der Waals surface area contributed by atoms with Crippen LogP contribution in [0.15, 0.2) is 0 Å². The third kappa shape index (κ3) is 3.33. The van der Waals surface area contributed by atoms with Gasteiger partial charge in [-0.2, -0.15) is 17.0 Å². The number of ether oxygens (including phenoxy) is 1. The van der Waals surface area contributed by atoms with Gasteiger partial charge in [0.05, 0.1) is 12.7 Å². The van der Waals surface area contributed by atoms with Gasteiger partial charge in [-0.1, -0.05) is 6.92 Å². The van der Waals surface area contributed by atoms with Crippen LogP contribution in [0.25, 0.3) is 0 Å². The van der Waals surface area contributed by atoms with Crippen LogP contribution < -0.4 is 0 Å². The van der Waals surface area contributed by atoms with Crippen molar-refractivity contribution in [2.45, 2.75) is 45.3 Å². The fraction of sp³-hybridized carbons (Fsp3) is 1.00. The fourth-order valence-corrected chi connectivity index (χ4v) is 4.99. The molecule has 0 bridgehead atoms. The summed E-state index contributed by atoms with van der Waals surface area (Å²) in [6, 6.07) is -0.0781. The first-order valence-electron chi connectivity index (χ1n) is 7.48. The Bertz CT molecular complexity index is 415. The lowest BCUT2D eigenvalue weighted by atomic mass is 10.0. The van der Waals surface area contributed by atoms with E-state index in [1.54, 1.807) is 4.31 Å². The van der Waals surface area contributed by atoms with Crippen molar-refractivity contribution in [3.63, 3.8) is 0 Å². The minimum absolute atomic E-state index is 0.0583. The van der Waals surface area contributed by atoms with E-state index in [-0.39, 0.29) is 24.7 Å². The summed E-state index contributed by atoms with van der Waals surface area (Å²) in [5.74, 6) is 0.0667. The molecule has 0 radical (unpaired) electrons. The van der Waals surface area contributed by atoms with Crippen LogP contribution in [-0.4, -0.2) is 67.1 Å². The van der Waals surface area contributed by atoms with E-state index in [4.69, 9.17) is 4.74 Å². The summed E-state index contributed by atoms with van der Waals surface area (Å²) in [7, 11) is -3.45. The summed E-state index contributed by atoms with van der Waals surface area (Å²) >= 11 is 0. The Kier molecular flexibility index (Phi) is 5.42. The lowest BCUT2D eigenvalue weighted by Gasteiger charge is -2.41. The Hall–Kier alpha value is -0.210. The first-order valence-corrected chi connectivity index (χ1v) is 8.88. The summed E-state index contributed by atoms with van der Waals surface area (Å²) in [5, 5.41) is 9.27. The van der Waals surface area contributed by atoms with Gasteiger partial charge in [-0.15, -0.1) is 0 Å². The average molecular weight is 306 g/mol. The highest BCUT2D eigenvalue weighted by atomic mass is 32.2. The zero-order chi connectivity index (χ0) is 14.8. The Morgan fingerprint density at radius 1 is 1.35 bits per heavy atom. The van der Waals surface area contributed by atoms with Crippen molar-refractivity contribution < 1.29 is 18.3 Å². The Morgan fingerprint density at radius 2 is 2.10 bits per heavy atom. The molecule has 0 aromatic heterocycles. The van der Waals surface area contributed by atoms with Crippen LogP contribution in [-0.2, 0) is 14.9 Å². The van der Waals surface area contributed by atoms with Crippen molar-refractivity contribution in [1.82, 2.24) is 8.61 Å². The molecular formula is C13H26N2O4S. The van der Waals surface area contributed by atoms with Gasteiger partial charge in [-0.05, 0) is 32.1 Å². The molecule has 3 atom stereocenters. The molecule has 0 amide bonds. The quantitative estimate of drug-likeness (QED) is 0.818. The highest BCUT2D eigenvalue weighted by molar-refractivity contribution is 7.86. The zero-order valence-corrected chi connectivity index (χ0v) is 13.2.